The van der Waals surface area contributed by atoms with Gasteiger partial charge in [0, 0.05) is 24.3 Å². The molecule has 4 N–H and O–H groups in total. The molecule has 0 radical (unpaired) electrons. The SMILES string of the molecule is COc1cc(OC)c(C=CC(c2cccc(OCN)c2)S(=O)(=O)C(C=Cc2c(OC)cc(OC)cc2OC)c2cccc(OCN)c2)c(OC)c1. The number of rotatable bonds is 18. The van der Waals surface area contributed by atoms with Crippen LogP contribution in [-0.2, 0) is 9.84 Å². The molecule has 0 bridgehead atoms. The fraction of sp³-hybridized carbons (Fsp3) is 0.263. The molecule has 0 spiro atoms. The minimum Gasteiger partial charge on any atom is -0.496 e. The molecular formula is C38H44N2O10S. The molecule has 4 rings (SSSR count). The second-order valence-corrected chi connectivity index (χ2v) is 13.0. The van der Waals surface area contributed by atoms with Gasteiger partial charge >= 0.3 is 0 Å². The Morgan fingerprint density at radius 3 is 1.18 bits per heavy atom. The van der Waals surface area contributed by atoms with Crippen molar-refractivity contribution in [2.24, 2.45) is 11.5 Å². The van der Waals surface area contributed by atoms with Crippen molar-refractivity contribution < 1.29 is 46.3 Å². The van der Waals surface area contributed by atoms with Gasteiger partial charge < -0.3 is 37.9 Å². The molecule has 0 aromatic heterocycles. The molecule has 4 aromatic rings. The van der Waals surface area contributed by atoms with E-state index in [0.717, 1.165) is 0 Å². The largest absolute Gasteiger partial charge is 0.496 e. The minimum atomic E-state index is -4.24. The third kappa shape index (κ3) is 9.06. The summed E-state index contributed by atoms with van der Waals surface area (Å²) in [6, 6.07) is 20.3. The molecule has 0 amide bonds. The van der Waals surface area contributed by atoms with E-state index in [2.05, 4.69) is 0 Å². The molecule has 0 aliphatic heterocycles. The van der Waals surface area contributed by atoms with E-state index in [9.17, 15) is 0 Å². The lowest BCUT2D eigenvalue weighted by Gasteiger charge is -2.23. The predicted molar refractivity (Wildman–Crippen MR) is 197 cm³/mol. The molecule has 0 heterocycles. The molecule has 0 aliphatic rings. The van der Waals surface area contributed by atoms with Crippen LogP contribution < -0.4 is 49.4 Å². The van der Waals surface area contributed by atoms with E-state index in [-0.39, 0.29) is 13.5 Å². The van der Waals surface area contributed by atoms with Crippen molar-refractivity contribution in [2.75, 3.05) is 56.1 Å². The van der Waals surface area contributed by atoms with Crippen molar-refractivity contribution in [3.05, 3.63) is 107 Å². The van der Waals surface area contributed by atoms with Crippen LogP contribution in [0.3, 0.4) is 0 Å². The summed E-state index contributed by atoms with van der Waals surface area (Å²) in [5.41, 5.74) is 13.2. The lowest BCUT2D eigenvalue weighted by Crippen LogP contribution is -2.19. The molecule has 51 heavy (non-hydrogen) atoms. The highest BCUT2D eigenvalue weighted by Gasteiger charge is 2.34. The van der Waals surface area contributed by atoms with Gasteiger partial charge in [0.2, 0.25) is 0 Å². The molecule has 272 valence electrons. The summed E-state index contributed by atoms with van der Waals surface area (Å²) in [4.78, 5) is 0. The second kappa shape index (κ2) is 18.0. The van der Waals surface area contributed by atoms with Crippen LogP contribution in [-0.4, -0.2) is 64.5 Å². The Morgan fingerprint density at radius 2 is 0.882 bits per heavy atom. The number of benzene rings is 4. The zero-order chi connectivity index (χ0) is 37.0. The van der Waals surface area contributed by atoms with Gasteiger partial charge in [-0.05, 0) is 47.5 Å². The monoisotopic (exact) mass is 720 g/mol. The summed E-state index contributed by atoms with van der Waals surface area (Å²) in [7, 11) is 4.85. The van der Waals surface area contributed by atoms with Crippen LogP contribution in [0.4, 0.5) is 0 Å². The Labute approximate surface area is 299 Å². The third-order valence-electron chi connectivity index (χ3n) is 7.96. The second-order valence-electron chi connectivity index (χ2n) is 10.8. The summed E-state index contributed by atoms with van der Waals surface area (Å²) in [5, 5.41) is -2.47. The van der Waals surface area contributed by atoms with Crippen LogP contribution in [0, 0.1) is 0 Å². The van der Waals surface area contributed by atoms with Crippen molar-refractivity contribution >= 4 is 22.0 Å². The maximum Gasteiger partial charge on any atom is 0.171 e. The average molecular weight is 721 g/mol. The average Bonchev–Trinajstić information content (AvgIpc) is 3.15. The van der Waals surface area contributed by atoms with Gasteiger partial charge in [-0.2, -0.15) is 0 Å². The lowest BCUT2D eigenvalue weighted by molar-refractivity contribution is 0.329. The molecule has 4 aromatic carbocycles. The Morgan fingerprint density at radius 1 is 0.529 bits per heavy atom. The topological polar surface area (TPSA) is 160 Å². The van der Waals surface area contributed by atoms with E-state index in [1.165, 1.54) is 42.7 Å². The number of ether oxygens (including phenoxy) is 8. The van der Waals surface area contributed by atoms with Gasteiger partial charge in [0.05, 0.1) is 53.8 Å². The minimum absolute atomic E-state index is 0.0955. The Kier molecular flexibility index (Phi) is 13.6. The summed E-state index contributed by atoms with van der Waals surface area (Å²) in [6.07, 6.45) is 6.47. The fourth-order valence-corrected chi connectivity index (χ4v) is 7.46. The molecule has 0 saturated carbocycles. The Balaban J connectivity index is 1.99. The van der Waals surface area contributed by atoms with Gasteiger partial charge in [-0.3, -0.25) is 11.5 Å². The van der Waals surface area contributed by atoms with Crippen molar-refractivity contribution in [1.29, 1.82) is 0 Å². The molecule has 12 nitrogen and oxygen atoms in total. The van der Waals surface area contributed by atoms with Crippen molar-refractivity contribution in [3.8, 4) is 46.0 Å². The predicted octanol–water partition coefficient (Wildman–Crippen LogP) is 5.95. The van der Waals surface area contributed by atoms with Gasteiger partial charge in [0.1, 0.15) is 70.0 Å². The van der Waals surface area contributed by atoms with Crippen LogP contribution in [0.15, 0.2) is 84.9 Å². The number of hydrogen-bond acceptors (Lipinski definition) is 12. The molecule has 2 atom stereocenters. The Bertz CT molecular complexity index is 1760. The smallest absolute Gasteiger partial charge is 0.171 e. The normalized spacial score (nSPS) is 12.7. The third-order valence-corrected chi connectivity index (χ3v) is 10.2. The van der Waals surface area contributed by atoms with E-state index < -0.39 is 20.3 Å². The van der Waals surface area contributed by atoms with Crippen LogP contribution in [0.5, 0.6) is 46.0 Å². The molecule has 2 unspecified atom stereocenters. The highest BCUT2D eigenvalue weighted by molar-refractivity contribution is 7.92. The van der Waals surface area contributed by atoms with Gasteiger partial charge in [-0.15, -0.1) is 0 Å². The summed E-state index contributed by atoms with van der Waals surface area (Å²) < 4.78 is 75.0. The van der Waals surface area contributed by atoms with E-state index in [1.807, 2.05) is 0 Å². The van der Waals surface area contributed by atoms with Gasteiger partial charge in [-0.1, -0.05) is 36.4 Å². The summed E-state index contributed by atoms with van der Waals surface area (Å²) in [6.45, 7) is -0.191. The van der Waals surface area contributed by atoms with E-state index in [4.69, 9.17) is 49.4 Å². The van der Waals surface area contributed by atoms with Crippen molar-refractivity contribution in [1.82, 2.24) is 0 Å². The first kappa shape index (κ1) is 38.4. The van der Waals surface area contributed by atoms with Gasteiger partial charge in [0.25, 0.3) is 0 Å². The van der Waals surface area contributed by atoms with Gasteiger partial charge in [-0.25, -0.2) is 8.42 Å². The zero-order valence-corrected chi connectivity index (χ0v) is 30.3. The van der Waals surface area contributed by atoms with Gasteiger partial charge in [0.15, 0.2) is 9.84 Å². The number of nitrogens with two attached hydrogens (primary N) is 2. The van der Waals surface area contributed by atoms with E-state index in [1.54, 1.807) is 97.1 Å². The molecule has 0 saturated heterocycles. The number of hydrogen-bond donors (Lipinski definition) is 2. The van der Waals surface area contributed by atoms with Crippen LogP contribution in [0.2, 0.25) is 0 Å². The number of methoxy groups -OCH3 is 6. The first-order chi connectivity index (χ1) is 24.7. The summed E-state index contributed by atoms with van der Waals surface area (Å²) in [5.74, 6) is 3.49. The maximum absolute atomic E-state index is 15.2. The number of sulfone groups is 1. The van der Waals surface area contributed by atoms with Crippen molar-refractivity contribution in [3.63, 3.8) is 0 Å². The first-order valence-electron chi connectivity index (χ1n) is 15.7. The van der Waals surface area contributed by atoms with Crippen LogP contribution in [0.25, 0.3) is 12.2 Å². The molecule has 0 fully saturated rings. The molecule has 0 aliphatic carbocycles. The van der Waals surface area contributed by atoms with Crippen LogP contribution >= 0.6 is 0 Å². The first-order valence-corrected chi connectivity index (χ1v) is 17.3. The maximum atomic E-state index is 15.2. The highest BCUT2D eigenvalue weighted by atomic mass is 32.2. The lowest BCUT2D eigenvalue weighted by atomic mass is 10.1. The zero-order valence-electron chi connectivity index (χ0n) is 29.5. The fourth-order valence-electron chi connectivity index (χ4n) is 5.49. The highest BCUT2D eigenvalue weighted by Crippen LogP contribution is 2.42. The Hall–Kier alpha value is -5.37. The van der Waals surface area contributed by atoms with E-state index >= 15 is 8.42 Å². The standard InChI is InChI=1S/C38H44N2O10S/c1-43-29-19-33(45-3)31(34(20-29)46-4)13-15-37(25-9-7-11-27(17-25)49-23-39)51(41,42)38(26-10-8-12-28(18-26)50-24-40)16-14-32-35(47-5)21-30(44-2)22-36(32)48-6/h7-22,37-38H,23-24,39-40H2,1-6H3. The quantitative estimate of drug-likeness (QED) is 0.116. The molecule has 13 heteroatoms. The van der Waals surface area contributed by atoms with Crippen molar-refractivity contribution in [2.45, 2.75) is 10.5 Å². The molecular weight excluding hydrogens is 676 g/mol. The van der Waals surface area contributed by atoms with E-state index in [0.29, 0.717) is 68.2 Å². The summed E-state index contributed by atoms with van der Waals surface area (Å²) >= 11 is 0. The van der Waals surface area contributed by atoms with Crippen LogP contribution in [0.1, 0.15) is 32.8 Å².